The van der Waals surface area contributed by atoms with Gasteiger partial charge in [-0.05, 0) is 56.0 Å². The molecule has 1 aliphatic carbocycles. The van der Waals surface area contributed by atoms with Crippen LogP contribution in [0.4, 0.5) is 0 Å². The molecule has 30 heavy (non-hydrogen) atoms. The number of aromatic nitrogens is 3. The minimum absolute atomic E-state index is 0.341. The van der Waals surface area contributed by atoms with Crippen LogP contribution in [0.5, 0.6) is 5.75 Å². The second kappa shape index (κ2) is 6.44. The van der Waals surface area contributed by atoms with E-state index in [4.69, 9.17) is 14.2 Å². The number of imidazole rings is 1. The van der Waals surface area contributed by atoms with Gasteiger partial charge in [0.25, 0.3) is 0 Å². The minimum Gasteiger partial charge on any atom is -0.487 e. The molecule has 2 aromatic carbocycles. The summed E-state index contributed by atoms with van der Waals surface area (Å²) in [6, 6.07) is 12.1. The van der Waals surface area contributed by atoms with Crippen molar-refractivity contribution in [2.75, 3.05) is 0 Å². The van der Waals surface area contributed by atoms with Gasteiger partial charge < -0.3 is 19.4 Å². The highest BCUT2D eigenvalue weighted by Gasteiger charge is 2.33. The Labute approximate surface area is 173 Å². The second-order valence-electron chi connectivity index (χ2n) is 8.47. The zero-order valence-electron chi connectivity index (χ0n) is 17.0. The number of aliphatic hydroxyl groups excluding tert-OH is 1. The van der Waals surface area contributed by atoms with Crippen molar-refractivity contribution in [3.63, 3.8) is 0 Å². The first-order chi connectivity index (χ1) is 14.6. The largest absolute Gasteiger partial charge is 0.487 e. The number of aromatic amines is 1. The molecule has 0 radical (unpaired) electrons. The van der Waals surface area contributed by atoms with Crippen molar-refractivity contribution in [1.29, 1.82) is 0 Å². The van der Waals surface area contributed by atoms with E-state index in [9.17, 15) is 5.11 Å². The van der Waals surface area contributed by atoms with E-state index in [0.717, 1.165) is 69.2 Å². The quantitative estimate of drug-likeness (QED) is 0.516. The number of para-hydroxylation sites is 1. The summed E-state index contributed by atoms with van der Waals surface area (Å²) in [5, 5.41) is 15.5. The molecule has 4 aromatic rings. The Bertz CT molecular complexity index is 1220. The maximum atomic E-state index is 11.4. The molecule has 0 saturated heterocycles. The van der Waals surface area contributed by atoms with Gasteiger partial charge in [0.15, 0.2) is 0 Å². The molecule has 152 valence electrons. The lowest BCUT2D eigenvalue weighted by Crippen LogP contribution is -2.23. The number of hydrogen-bond donors (Lipinski definition) is 2. The standard InChI is InChI=1S/C24H23N3O3/c1-12-21(13(2)30-27-12)16-9-17(22-18(10-16)25-24(26-22)14-7-8-14)23(28)20-11-15-5-3-4-6-19(15)29-20/h3-6,9-10,14,20,23,28H,7-8,11H2,1-2H3,(H,25,26). The number of aliphatic hydroxyl groups is 1. The smallest absolute Gasteiger partial charge is 0.141 e. The normalized spacial score (nSPS) is 19.1. The van der Waals surface area contributed by atoms with Gasteiger partial charge in [-0.3, -0.25) is 0 Å². The Morgan fingerprint density at radius 2 is 2.00 bits per heavy atom. The molecule has 6 rings (SSSR count). The summed E-state index contributed by atoms with van der Waals surface area (Å²) >= 11 is 0. The summed E-state index contributed by atoms with van der Waals surface area (Å²) in [6.45, 7) is 3.85. The van der Waals surface area contributed by atoms with Gasteiger partial charge in [-0.1, -0.05) is 23.4 Å². The summed E-state index contributed by atoms with van der Waals surface area (Å²) in [7, 11) is 0. The first-order valence-corrected chi connectivity index (χ1v) is 10.5. The Morgan fingerprint density at radius 3 is 2.73 bits per heavy atom. The molecule has 0 bridgehead atoms. The molecule has 2 aliphatic rings. The van der Waals surface area contributed by atoms with Crippen molar-refractivity contribution in [3.05, 3.63) is 64.8 Å². The maximum absolute atomic E-state index is 11.4. The topological polar surface area (TPSA) is 84.2 Å². The zero-order chi connectivity index (χ0) is 20.4. The number of hydrogen-bond acceptors (Lipinski definition) is 5. The van der Waals surface area contributed by atoms with Crippen molar-refractivity contribution in [2.45, 2.75) is 51.2 Å². The number of H-pyrrole nitrogens is 1. The van der Waals surface area contributed by atoms with E-state index in [2.05, 4.69) is 22.3 Å². The van der Waals surface area contributed by atoms with Crippen LogP contribution in [0.15, 0.2) is 40.9 Å². The van der Waals surface area contributed by atoms with Gasteiger partial charge in [0.05, 0.1) is 16.7 Å². The van der Waals surface area contributed by atoms with Crippen LogP contribution in [0.3, 0.4) is 0 Å². The van der Waals surface area contributed by atoms with Gasteiger partial charge >= 0.3 is 0 Å². The van der Waals surface area contributed by atoms with Gasteiger partial charge in [-0.25, -0.2) is 4.98 Å². The Hall–Kier alpha value is -3.12. The van der Waals surface area contributed by atoms with Gasteiger partial charge in [0.1, 0.15) is 29.5 Å². The van der Waals surface area contributed by atoms with E-state index in [0.29, 0.717) is 12.3 Å². The van der Waals surface area contributed by atoms with Crippen LogP contribution < -0.4 is 4.74 Å². The van der Waals surface area contributed by atoms with Crippen molar-refractivity contribution in [1.82, 2.24) is 15.1 Å². The van der Waals surface area contributed by atoms with Crippen LogP contribution in [-0.4, -0.2) is 26.3 Å². The molecule has 1 fully saturated rings. The summed E-state index contributed by atoms with van der Waals surface area (Å²) in [5.41, 5.74) is 6.42. The molecule has 0 amide bonds. The lowest BCUT2D eigenvalue weighted by molar-refractivity contribution is 0.0501. The molecule has 2 atom stereocenters. The molecule has 1 saturated carbocycles. The summed E-state index contributed by atoms with van der Waals surface area (Å²) in [6.07, 6.45) is 1.86. The van der Waals surface area contributed by atoms with E-state index >= 15 is 0 Å². The molecule has 2 N–H and O–H groups in total. The average Bonchev–Trinajstić information content (AvgIpc) is 3.21. The number of rotatable bonds is 4. The number of ether oxygens (including phenoxy) is 1. The van der Waals surface area contributed by atoms with Gasteiger partial charge in [-0.15, -0.1) is 0 Å². The Morgan fingerprint density at radius 1 is 1.17 bits per heavy atom. The van der Waals surface area contributed by atoms with E-state index in [1.54, 1.807) is 0 Å². The highest BCUT2D eigenvalue weighted by Crippen LogP contribution is 2.42. The molecule has 6 nitrogen and oxygen atoms in total. The Kier molecular flexibility index (Phi) is 3.80. The van der Waals surface area contributed by atoms with Crippen molar-refractivity contribution in [3.8, 4) is 16.9 Å². The average molecular weight is 401 g/mol. The second-order valence-corrected chi connectivity index (χ2v) is 8.47. The summed E-state index contributed by atoms with van der Waals surface area (Å²) in [4.78, 5) is 8.36. The first-order valence-electron chi connectivity index (χ1n) is 10.5. The lowest BCUT2D eigenvalue weighted by atomic mass is 9.94. The van der Waals surface area contributed by atoms with Crippen molar-refractivity contribution >= 4 is 11.0 Å². The predicted octanol–water partition coefficient (Wildman–Crippen LogP) is 4.75. The van der Waals surface area contributed by atoms with Gasteiger partial charge in [-0.2, -0.15) is 0 Å². The van der Waals surface area contributed by atoms with E-state index in [1.165, 1.54) is 0 Å². The Balaban J connectivity index is 1.48. The fraction of sp³-hybridized carbons (Fsp3) is 0.333. The molecule has 3 heterocycles. The molecule has 1 aliphatic heterocycles. The summed E-state index contributed by atoms with van der Waals surface area (Å²) < 4.78 is 11.5. The number of aryl methyl sites for hydroxylation is 2. The molecule has 2 unspecified atom stereocenters. The highest BCUT2D eigenvalue weighted by molar-refractivity contribution is 5.86. The monoisotopic (exact) mass is 401 g/mol. The van der Waals surface area contributed by atoms with Crippen LogP contribution in [0.25, 0.3) is 22.2 Å². The summed E-state index contributed by atoms with van der Waals surface area (Å²) in [5.74, 6) is 3.11. The van der Waals surface area contributed by atoms with E-state index < -0.39 is 6.10 Å². The number of nitrogens with zero attached hydrogens (tertiary/aromatic N) is 2. The number of benzene rings is 2. The fourth-order valence-corrected chi connectivity index (χ4v) is 4.56. The van der Waals surface area contributed by atoms with E-state index in [-0.39, 0.29) is 6.10 Å². The van der Waals surface area contributed by atoms with E-state index in [1.807, 2.05) is 38.1 Å². The van der Waals surface area contributed by atoms with Crippen LogP contribution in [0.1, 0.15) is 53.3 Å². The molecule has 0 spiro atoms. The van der Waals surface area contributed by atoms with Crippen LogP contribution in [0.2, 0.25) is 0 Å². The molecule has 6 heteroatoms. The maximum Gasteiger partial charge on any atom is 0.141 e. The van der Waals surface area contributed by atoms with Crippen LogP contribution >= 0.6 is 0 Å². The van der Waals surface area contributed by atoms with Crippen LogP contribution in [0, 0.1) is 13.8 Å². The third-order valence-corrected chi connectivity index (χ3v) is 6.26. The third-order valence-electron chi connectivity index (χ3n) is 6.26. The number of nitrogens with one attached hydrogen (secondary N) is 1. The molecular formula is C24H23N3O3. The fourth-order valence-electron chi connectivity index (χ4n) is 4.56. The van der Waals surface area contributed by atoms with Crippen molar-refractivity contribution < 1.29 is 14.4 Å². The predicted molar refractivity (Wildman–Crippen MR) is 113 cm³/mol. The molecule has 2 aromatic heterocycles. The highest BCUT2D eigenvalue weighted by atomic mass is 16.5. The van der Waals surface area contributed by atoms with Gasteiger partial charge in [0.2, 0.25) is 0 Å². The zero-order valence-corrected chi connectivity index (χ0v) is 17.0. The number of fused-ring (bicyclic) bond motifs is 2. The van der Waals surface area contributed by atoms with Crippen LogP contribution in [-0.2, 0) is 6.42 Å². The SMILES string of the molecule is Cc1noc(C)c1-c1cc(C(O)C2Cc3ccccc3O2)c2nc(C3CC3)[nH]c2c1. The first kappa shape index (κ1) is 17.7. The third kappa shape index (κ3) is 2.75. The minimum atomic E-state index is -0.796. The van der Waals surface area contributed by atoms with Crippen molar-refractivity contribution in [2.24, 2.45) is 0 Å². The lowest BCUT2D eigenvalue weighted by Gasteiger charge is -2.19. The molecular weight excluding hydrogens is 378 g/mol. The van der Waals surface area contributed by atoms with Gasteiger partial charge in [0, 0.05) is 23.5 Å².